The Morgan fingerprint density at radius 2 is 1.94 bits per heavy atom. The van der Waals surface area contributed by atoms with Crippen LogP contribution in [0.2, 0.25) is 0 Å². The van der Waals surface area contributed by atoms with E-state index in [0.29, 0.717) is 18.7 Å². The van der Waals surface area contributed by atoms with E-state index in [2.05, 4.69) is 19.9 Å². The number of benzene rings is 1. The maximum atomic E-state index is 13.3. The summed E-state index contributed by atoms with van der Waals surface area (Å²) in [7, 11) is -2.59. The molecule has 2 aromatic heterocycles. The van der Waals surface area contributed by atoms with Crippen LogP contribution in [0.15, 0.2) is 41.7 Å². The Labute approximate surface area is 179 Å². The van der Waals surface area contributed by atoms with Crippen molar-refractivity contribution in [1.29, 1.82) is 0 Å². The van der Waals surface area contributed by atoms with Crippen molar-refractivity contribution in [2.24, 2.45) is 5.14 Å². The van der Waals surface area contributed by atoms with Crippen LogP contribution in [0.3, 0.4) is 0 Å². The van der Waals surface area contributed by atoms with Crippen LogP contribution in [0, 0.1) is 0 Å². The molecule has 5 rings (SSSR count). The second-order valence-electron chi connectivity index (χ2n) is 7.85. The number of fused-ring (bicyclic) bond motifs is 3. The first kappa shape index (κ1) is 19.8. The van der Waals surface area contributed by atoms with Crippen LogP contribution in [0.25, 0.3) is 11.0 Å². The van der Waals surface area contributed by atoms with Gasteiger partial charge in [-0.1, -0.05) is 0 Å². The van der Waals surface area contributed by atoms with Gasteiger partial charge in [0, 0.05) is 24.8 Å². The van der Waals surface area contributed by atoms with Gasteiger partial charge in [-0.05, 0) is 37.1 Å². The Balaban J connectivity index is 1.42. The van der Waals surface area contributed by atoms with Gasteiger partial charge in [0.05, 0.1) is 24.6 Å². The van der Waals surface area contributed by atoms with Crippen LogP contribution >= 0.6 is 0 Å². The van der Waals surface area contributed by atoms with Crippen LogP contribution in [0.5, 0.6) is 5.75 Å². The molecule has 2 fully saturated rings. The van der Waals surface area contributed by atoms with Crippen LogP contribution in [-0.4, -0.2) is 66.5 Å². The van der Waals surface area contributed by atoms with Crippen molar-refractivity contribution in [2.75, 3.05) is 25.1 Å². The first-order valence-corrected chi connectivity index (χ1v) is 11.5. The molecule has 31 heavy (non-hydrogen) atoms. The summed E-state index contributed by atoms with van der Waals surface area (Å²) in [6.45, 7) is 1.35. The predicted molar refractivity (Wildman–Crippen MR) is 113 cm³/mol. The number of primary sulfonamides is 1. The fraction of sp³-hybridized carbons (Fsp3) is 0.350. The number of hydrogen-bond acceptors (Lipinski definition) is 7. The van der Waals surface area contributed by atoms with Crippen molar-refractivity contribution in [1.82, 2.24) is 19.9 Å². The van der Waals surface area contributed by atoms with Crippen molar-refractivity contribution >= 4 is 32.8 Å². The number of rotatable bonds is 4. The van der Waals surface area contributed by atoms with Crippen LogP contribution in [-0.2, 0) is 10.0 Å². The average Bonchev–Trinajstić information content (AvgIpc) is 3.33. The van der Waals surface area contributed by atoms with Crippen molar-refractivity contribution < 1.29 is 17.9 Å². The smallest absolute Gasteiger partial charge is 0.254 e. The lowest BCUT2D eigenvalue weighted by Crippen LogP contribution is -2.56. The fourth-order valence-corrected chi connectivity index (χ4v) is 5.38. The maximum absolute atomic E-state index is 13.3. The molecule has 0 aliphatic carbocycles. The molecule has 0 unspecified atom stereocenters. The Morgan fingerprint density at radius 3 is 2.61 bits per heavy atom. The Hall–Kier alpha value is -3.18. The molecule has 3 aromatic rings. The van der Waals surface area contributed by atoms with Gasteiger partial charge in [-0.15, -0.1) is 0 Å². The van der Waals surface area contributed by atoms with Gasteiger partial charge in [0.15, 0.2) is 0 Å². The zero-order valence-electron chi connectivity index (χ0n) is 16.9. The number of aromatic nitrogens is 3. The highest BCUT2D eigenvalue weighted by Gasteiger charge is 2.43. The molecule has 4 heterocycles. The standard InChI is InChI=1S/C20H22N6O4S/c1-30-16-8-12(2-5-17(16)31(21,28)29)20(27)26-13-3-4-14(26)10-25(9-13)19-15-6-7-22-18(15)23-11-24-19/h2,5-8,11,13-14H,3-4,9-10H2,1H3,(H2,21,28,29)(H,22,23,24)/t13-,14+. The summed E-state index contributed by atoms with van der Waals surface area (Å²) in [5.41, 5.74) is 1.17. The molecule has 2 bridgehead atoms. The Bertz CT molecular complexity index is 1260. The lowest BCUT2D eigenvalue weighted by atomic mass is 10.1. The topological polar surface area (TPSA) is 135 Å². The molecule has 2 aliphatic rings. The zero-order chi connectivity index (χ0) is 21.8. The van der Waals surface area contributed by atoms with Crippen LogP contribution in [0.1, 0.15) is 23.2 Å². The lowest BCUT2D eigenvalue weighted by molar-refractivity contribution is 0.0640. The number of amides is 1. The van der Waals surface area contributed by atoms with Crippen molar-refractivity contribution in [3.05, 3.63) is 42.4 Å². The molecule has 2 atom stereocenters. The number of hydrogen-bond donors (Lipinski definition) is 2. The van der Waals surface area contributed by atoms with E-state index in [-0.39, 0.29) is 28.6 Å². The number of ether oxygens (including phenoxy) is 1. The molecule has 1 amide bonds. The number of nitrogens with two attached hydrogens (primary N) is 1. The summed E-state index contributed by atoms with van der Waals surface area (Å²) in [6.07, 6.45) is 5.20. The quantitative estimate of drug-likeness (QED) is 0.618. The summed E-state index contributed by atoms with van der Waals surface area (Å²) in [5, 5.41) is 6.20. The molecule has 11 heteroatoms. The number of sulfonamides is 1. The Kier molecular flexibility index (Phi) is 4.59. The molecular weight excluding hydrogens is 420 g/mol. The number of H-pyrrole nitrogens is 1. The van der Waals surface area contributed by atoms with E-state index < -0.39 is 10.0 Å². The third-order valence-corrected chi connectivity index (χ3v) is 7.02. The predicted octanol–water partition coefficient (Wildman–Crippen LogP) is 1.11. The molecule has 0 radical (unpaired) electrons. The number of carbonyl (C=O) groups excluding carboxylic acids is 1. The largest absolute Gasteiger partial charge is 0.495 e. The number of methoxy groups -OCH3 is 1. The van der Waals surface area contributed by atoms with Crippen LogP contribution < -0.4 is 14.8 Å². The zero-order valence-corrected chi connectivity index (χ0v) is 17.7. The molecule has 1 aromatic carbocycles. The summed E-state index contributed by atoms with van der Waals surface area (Å²) in [6, 6.07) is 6.30. The number of nitrogens with zero attached hydrogens (tertiary/aromatic N) is 4. The number of piperazine rings is 1. The van der Waals surface area contributed by atoms with Gasteiger partial charge in [-0.2, -0.15) is 0 Å². The van der Waals surface area contributed by atoms with Gasteiger partial charge in [0.1, 0.15) is 28.4 Å². The van der Waals surface area contributed by atoms with Crippen LogP contribution in [0.4, 0.5) is 5.82 Å². The van der Waals surface area contributed by atoms with E-state index in [1.807, 2.05) is 17.2 Å². The normalized spacial score (nSPS) is 21.0. The van der Waals surface area contributed by atoms with Gasteiger partial charge in [0.2, 0.25) is 10.0 Å². The molecular formula is C20H22N6O4S. The van der Waals surface area contributed by atoms with Gasteiger partial charge < -0.3 is 19.5 Å². The van der Waals surface area contributed by atoms with Gasteiger partial charge in [0.25, 0.3) is 5.91 Å². The minimum Gasteiger partial charge on any atom is -0.495 e. The highest BCUT2D eigenvalue weighted by atomic mass is 32.2. The molecule has 3 N–H and O–H groups in total. The Morgan fingerprint density at radius 1 is 1.19 bits per heavy atom. The lowest BCUT2D eigenvalue weighted by Gasteiger charge is -2.41. The van der Waals surface area contributed by atoms with E-state index in [1.165, 1.54) is 25.3 Å². The molecule has 0 spiro atoms. The van der Waals surface area contributed by atoms with Crippen molar-refractivity contribution in [2.45, 2.75) is 29.8 Å². The number of carbonyl (C=O) groups is 1. The average molecular weight is 443 g/mol. The van der Waals surface area contributed by atoms with Crippen molar-refractivity contribution in [3.8, 4) is 5.75 Å². The SMILES string of the molecule is COc1cc(C(=O)N2[C@@H]3CC[C@H]2CN(c2ncnc4[nH]ccc24)C3)ccc1S(N)(=O)=O. The van der Waals surface area contributed by atoms with E-state index in [9.17, 15) is 13.2 Å². The summed E-state index contributed by atoms with van der Waals surface area (Å²) >= 11 is 0. The molecule has 2 saturated heterocycles. The second-order valence-corrected chi connectivity index (χ2v) is 9.38. The first-order chi connectivity index (χ1) is 14.9. The minimum atomic E-state index is -3.94. The summed E-state index contributed by atoms with van der Waals surface area (Å²) in [4.78, 5) is 29.2. The van der Waals surface area contributed by atoms with E-state index in [0.717, 1.165) is 29.7 Å². The van der Waals surface area contributed by atoms with Gasteiger partial charge >= 0.3 is 0 Å². The molecule has 162 valence electrons. The highest BCUT2D eigenvalue weighted by Crippen LogP contribution is 2.35. The highest BCUT2D eigenvalue weighted by molar-refractivity contribution is 7.89. The molecule has 10 nitrogen and oxygen atoms in total. The molecule has 2 aliphatic heterocycles. The first-order valence-electron chi connectivity index (χ1n) is 9.93. The number of aromatic amines is 1. The van der Waals surface area contributed by atoms with E-state index in [4.69, 9.17) is 9.88 Å². The number of nitrogens with one attached hydrogen (secondary N) is 1. The van der Waals surface area contributed by atoms with Crippen molar-refractivity contribution in [3.63, 3.8) is 0 Å². The fourth-order valence-electron chi connectivity index (χ4n) is 4.70. The number of anilines is 1. The van der Waals surface area contributed by atoms with Gasteiger partial charge in [-0.3, -0.25) is 4.79 Å². The van der Waals surface area contributed by atoms with E-state index in [1.54, 1.807) is 6.33 Å². The monoisotopic (exact) mass is 442 g/mol. The van der Waals surface area contributed by atoms with Gasteiger partial charge in [-0.25, -0.2) is 23.5 Å². The summed E-state index contributed by atoms with van der Waals surface area (Å²) < 4.78 is 28.6. The third kappa shape index (κ3) is 3.29. The summed E-state index contributed by atoms with van der Waals surface area (Å²) in [5.74, 6) is 0.797. The third-order valence-electron chi connectivity index (χ3n) is 6.07. The van der Waals surface area contributed by atoms with E-state index >= 15 is 0 Å². The molecule has 0 saturated carbocycles. The maximum Gasteiger partial charge on any atom is 0.254 e. The second kappa shape index (κ2) is 7.20. The minimum absolute atomic E-state index is 0.0409.